The van der Waals surface area contributed by atoms with Gasteiger partial charge in [-0.15, -0.1) is 0 Å². The second-order valence-electron chi connectivity index (χ2n) is 11.8. The van der Waals surface area contributed by atoms with Crippen LogP contribution in [-0.2, 0) is 14.3 Å². The van der Waals surface area contributed by atoms with E-state index < -0.39 is 11.5 Å². The van der Waals surface area contributed by atoms with Gasteiger partial charge in [0.05, 0.1) is 23.7 Å². The molecule has 1 heterocycles. The lowest BCUT2D eigenvalue weighted by Gasteiger charge is -2.58. The van der Waals surface area contributed by atoms with E-state index in [0.717, 1.165) is 43.3 Å². The van der Waals surface area contributed by atoms with Crippen LogP contribution in [0.4, 0.5) is 0 Å². The van der Waals surface area contributed by atoms with Crippen molar-refractivity contribution in [3.63, 3.8) is 0 Å². The highest BCUT2D eigenvalue weighted by atomic mass is 16.5. The lowest BCUT2D eigenvalue weighted by Crippen LogP contribution is -2.56. The van der Waals surface area contributed by atoms with Gasteiger partial charge < -0.3 is 14.9 Å². The van der Waals surface area contributed by atoms with Crippen molar-refractivity contribution in [1.82, 2.24) is 0 Å². The summed E-state index contributed by atoms with van der Waals surface area (Å²) < 4.78 is 5.83. The van der Waals surface area contributed by atoms with E-state index in [4.69, 9.17) is 4.74 Å². The number of hydrogen-bond acceptors (Lipinski definition) is 5. The van der Waals surface area contributed by atoms with Crippen LogP contribution in [0.1, 0.15) is 66.2 Å². The van der Waals surface area contributed by atoms with Crippen LogP contribution in [0.25, 0.3) is 0 Å². The monoisotopic (exact) mass is 454 g/mol. The first-order chi connectivity index (χ1) is 15.6. The highest BCUT2D eigenvalue weighted by Crippen LogP contribution is 2.67. The van der Waals surface area contributed by atoms with Gasteiger partial charge in [0, 0.05) is 6.42 Å². The van der Waals surface area contributed by atoms with Crippen molar-refractivity contribution in [1.29, 1.82) is 0 Å². The smallest absolute Gasteiger partial charge is 0.336 e. The average molecular weight is 455 g/mol. The summed E-state index contributed by atoms with van der Waals surface area (Å²) in [6.07, 6.45) is 10.5. The highest BCUT2D eigenvalue weighted by molar-refractivity contribution is 5.99. The third-order valence-electron chi connectivity index (χ3n) is 10.6. The first kappa shape index (κ1) is 23.0. The predicted molar refractivity (Wildman–Crippen MR) is 125 cm³/mol. The number of carbonyl (C=O) groups excluding carboxylic acids is 2. The van der Waals surface area contributed by atoms with Gasteiger partial charge in [0.25, 0.3) is 0 Å². The molecule has 3 fully saturated rings. The van der Waals surface area contributed by atoms with E-state index in [2.05, 4.69) is 20.8 Å². The molecule has 5 nitrogen and oxygen atoms in total. The lowest BCUT2D eigenvalue weighted by atomic mass is 9.46. The predicted octanol–water partition coefficient (Wildman–Crippen LogP) is 4.14. The largest absolute Gasteiger partial charge is 0.458 e. The van der Waals surface area contributed by atoms with Gasteiger partial charge in [-0.2, -0.15) is 0 Å². The molecule has 4 aliphatic carbocycles. The molecule has 180 valence electrons. The molecule has 0 bridgehead atoms. The molecule has 0 aromatic carbocycles. The number of ether oxygens (including phenoxy) is 1. The fourth-order valence-corrected chi connectivity index (χ4v) is 8.81. The summed E-state index contributed by atoms with van der Waals surface area (Å²) in [5.74, 6) is 1.54. The number of allylic oxidation sites excluding steroid dienone is 3. The molecule has 0 spiro atoms. The molecule has 33 heavy (non-hydrogen) atoms. The van der Waals surface area contributed by atoms with Gasteiger partial charge in [-0.25, -0.2) is 4.79 Å². The number of fused-ring (bicyclic) bond motifs is 5. The Kier molecular flexibility index (Phi) is 5.52. The maximum Gasteiger partial charge on any atom is 0.336 e. The average Bonchev–Trinajstić information content (AvgIpc) is 3.12. The van der Waals surface area contributed by atoms with Crippen LogP contribution in [0, 0.1) is 40.4 Å². The zero-order valence-electron chi connectivity index (χ0n) is 20.3. The highest BCUT2D eigenvalue weighted by Gasteiger charge is 2.62. The van der Waals surface area contributed by atoms with Gasteiger partial charge in [0.15, 0.2) is 5.78 Å². The zero-order valence-corrected chi connectivity index (χ0v) is 20.3. The summed E-state index contributed by atoms with van der Waals surface area (Å²) in [7, 11) is 0. The number of carbonyl (C=O) groups is 2. The number of hydrogen-bond donors (Lipinski definition) is 2. The SMILES string of the molecule is CC1=C(CO)C(=O)O[C@H]([C@H](C)[C@H]2CC[C@H]3[C@@H]4C[C@H](O)C5=CC=CC(=O)[C@]5(C)[C@H]4CC[C@]23C)C1. The summed E-state index contributed by atoms with van der Waals surface area (Å²) >= 11 is 0. The van der Waals surface area contributed by atoms with Crippen molar-refractivity contribution in [2.24, 2.45) is 40.4 Å². The van der Waals surface area contributed by atoms with Crippen LogP contribution in [0.2, 0.25) is 0 Å². The first-order valence-electron chi connectivity index (χ1n) is 12.7. The van der Waals surface area contributed by atoms with Crippen molar-refractivity contribution in [3.05, 3.63) is 34.9 Å². The van der Waals surface area contributed by atoms with E-state index >= 15 is 0 Å². The molecule has 0 aromatic heterocycles. The summed E-state index contributed by atoms with van der Waals surface area (Å²) in [6.45, 7) is 8.38. The number of aliphatic hydroxyl groups excluding tert-OH is 2. The third kappa shape index (κ3) is 3.18. The van der Waals surface area contributed by atoms with E-state index in [0.29, 0.717) is 29.7 Å². The Morgan fingerprint density at radius 1 is 1.18 bits per heavy atom. The van der Waals surface area contributed by atoms with Crippen molar-refractivity contribution in [3.8, 4) is 0 Å². The van der Waals surface area contributed by atoms with Crippen LogP contribution < -0.4 is 0 Å². The van der Waals surface area contributed by atoms with Gasteiger partial charge >= 0.3 is 5.97 Å². The normalized spacial score (nSPS) is 45.7. The van der Waals surface area contributed by atoms with Crippen LogP contribution in [0.3, 0.4) is 0 Å². The molecule has 0 unspecified atom stereocenters. The van der Waals surface area contributed by atoms with Crippen LogP contribution >= 0.6 is 0 Å². The summed E-state index contributed by atoms with van der Waals surface area (Å²) in [4.78, 5) is 25.5. The molecule has 9 atom stereocenters. The maximum absolute atomic E-state index is 13.1. The molecule has 2 N–H and O–H groups in total. The van der Waals surface area contributed by atoms with Gasteiger partial charge in [-0.1, -0.05) is 31.6 Å². The lowest BCUT2D eigenvalue weighted by molar-refractivity contribution is -0.153. The number of ketones is 1. The van der Waals surface area contributed by atoms with E-state index in [1.807, 2.05) is 13.0 Å². The second kappa shape index (κ2) is 7.91. The molecule has 3 saturated carbocycles. The number of rotatable bonds is 3. The summed E-state index contributed by atoms with van der Waals surface area (Å²) in [6, 6.07) is 0. The Morgan fingerprint density at radius 3 is 2.64 bits per heavy atom. The van der Waals surface area contributed by atoms with Gasteiger partial charge in [-0.05, 0) is 92.6 Å². The van der Waals surface area contributed by atoms with Gasteiger partial charge in [0.1, 0.15) is 6.10 Å². The third-order valence-corrected chi connectivity index (χ3v) is 10.6. The Hall–Kier alpha value is -1.72. The fraction of sp³-hybridized carbons (Fsp3) is 0.714. The number of esters is 1. The molecule has 0 saturated heterocycles. The van der Waals surface area contributed by atoms with E-state index in [1.54, 1.807) is 12.2 Å². The van der Waals surface area contributed by atoms with Gasteiger partial charge in [0.2, 0.25) is 0 Å². The minimum absolute atomic E-state index is 0.118. The van der Waals surface area contributed by atoms with Crippen LogP contribution in [0.15, 0.2) is 34.9 Å². The number of aliphatic hydroxyl groups is 2. The van der Waals surface area contributed by atoms with E-state index in [-0.39, 0.29) is 41.7 Å². The second-order valence-corrected chi connectivity index (χ2v) is 11.8. The number of cyclic esters (lactones) is 1. The van der Waals surface area contributed by atoms with Crippen molar-refractivity contribution >= 4 is 11.8 Å². The standard InChI is InChI=1S/C28H38O5/c1-15-12-24(33-26(32)18(15)14-29)16(2)19-8-9-20-17-13-23(30)22-6-5-7-25(31)28(22,4)21(17)10-11-27(19,20)3/h5-7,16-17,19-21,23-24,29-30H,8-14H2,1-4H3/t16-,17+,19-,20+,21+,23+,24+,27-,28-/m1/s1. The van der Waals surface area contributed by atoms with E-state index in [1.165, 1.54) is 0 Å². The van der Waals surface area contributed by atoms with Crippen molar-refractivity contribution < 1.29 is 24.5 Å². The maximum atomic E-state index is 13.1. The van der Waals surface area contributed by atoms with Crippen LogP contribution in [-0.4, -0.2) is 40.8 Å². The molecule has 5 rings (SSSR count). The van der Waals surface area contributed by atoms with E-state index in [9.17, 15) is 19.8 Å². The Morgan fingerprint density at radius 2 is 1.94 bits per heavy atom. The summed E-state index contributed by atoms with van der Waals surface area (Å²) in [5.41, 5.74) is 1.81. The van der Waals surface area contributed by atoms with Gasteiger partial charge in [-0.3, -0.25) is 4.79 Å². The molecule has 0 aromatic rings. The Bertz CT molecular complexity index is 959. The van der Waals surface area contributed by atoms with Crippen molar-refractivity contribution in [2.75, 3.05) is 6.61 Å². The topological polar surface area (TPSA) is 83.8 Å². The molecule has 1 aliphatic heterocycles. The zero-order chi connectivity index (χ0) is 23.7. The molecular formula is C28H38O5. The minimum Gasteiger partial charge on any atom is -0.458 e. The molecular weight excluding hydrogens is 416 g/mol. The molecule has 5 heteroatoms. The Labute approximate surface area is 197 Å². The Balaban J connectivity index is 1.41. The van der Waals surface area contributed by atoms with Crippen LogP contribution in [0.5, 0.6) is 0 Å². The minimum atomic E-state index is -0.580. The molecule has 5 aliphatic rings. The summed E-state index contributed by atoms with van der Waals surface area (Å²) in [5, 5.41) is 20.6. The molecule has 0 amide bonds. The first-order valence-corrected chi connectivity index (χ1v) is 12.7. The van der Waals surface area contributed by atoms with Crippen molar-refractivity contribution in [2.45, 2.75) is 78.4 Å². The molecule has 0 radical (unpaired) electrons. The quantitative estimate of drug-likeness (QED) is 0.626. The fourth-order valence-electron chi connectivity index (χ4n) is 8.81.